The molecule has 1 aliphatic rings. The number of thiophene rings is 1. The van der Waals surface area contributed by atoms with Crippen molar-refractivity contribution in [2.45, 2.75) is 57.4 Å². The third-order valence-electron chi connectivity index (χ3n) is 4.03. The second kappa shape index (κ2) is 5.74. The number of nitrogen functional groups attached to an aromatic ring is 1. The van der Waals surface area contributed by atoms with Crippen LogP contribution in [0.25, 0.3) is 10.2 Å². The molecule has 2 aromatic heterocycles. The van der Waals surface area contributed by atoms with Crippen LogP contribution >= 0.6 is 23.1 Å². The van der Waals surface area contributed by atoms with Gasteiger partial charge in [0, 0.05) is 17.1 Å². The van der Waals surface area contributed by atoms with Crippen LogP contribution in [0.1, 0.15) is 44.1 Å². The predicted molar refractivity (Wildman–Crippen MR) is 90.0 cm³/mol. The molecule has 21 heavy (non-hydrogen) atoms. The Balaban J connectivity index is 2.05. The minimum Gasteiger partial charge on any atom is -0.383 e. The number of hydrogen-bond donors (Lipinski definition) is 1. The van der Waals surface area contributed by atoms with E-state index >= 15 is 0 Å². The predicted octanol–water partition coefficient (Wildman–Crippen LogP) is 4.02. The third-order valence-corrected chi connectivity index (χ3v) is 6.18. The largest absolute Gasteiger partial charge is 0.383 e. The molecule has 0 saturated carbocycles. The number of anilines is 1. The molecule has 6 heteroatoms. The quantitative estimate of drug-likeness (QED) is 0.680. The van der Waals surface area contributed by atoms with E-state index in [0.29, 0.717) is 12.4 Å². The molecule has 0 saturated heterocycles. The monoisotopic (exact) mass is 323 g/mol. The Morgan fingerprint density at radius 3 is 2.90 bits per heavy atom. The fourth-order valence-electron chi connectivity index (χ4n) is 2.56. The first kappa shape index (κ1) is 15.1. The number of rotatable bonds is 4. The van der Waals surface area contributed by atoms with Crippen LogP contribution in [0.5, 0.6) is 0 Å². The van der Waals surface area contributed by atoms with Crippen molar-refractivity contribution in [2.24, 2.45) is 0 Å². The van der Waals surface area contributed by atoms with Crippen molar-refractivity contribution < 1.29 is 4.74 Å². The maximum atomic E-state index is 6.23. The lowest BCUT2D eigenvalue weighted by Gasteiger charge is -2.33. The second-order valence-electron chi connectivity index (χ2n) is 5.69. The van der Waals surface area contributed by atoms with Crippen LogP contribution in [0, 0.1) is 0 Å². The van der Waals surface area contributed by atoms with Gasteiger partial charge < -0.3 is 10.5 Å². The summed E-state index contributed by atoms with van der Waals surface area (Å²) >= 11 is 3.38. The van der Waals surface area contributed by atoms with E-state index in [1.165, 1.54) is 10.4 Å². The second-order valence-corrected chi connectivity index (χ2v) is 7.84. The number of nitrogens with two attached hydrogens (primary N) is 1. The first-order valence-electron chi connectivity index (χ1n) is 7.41. The normalized spacial score (nSPS) is 21.7. The standard InChI is InChI=1S/C15H21N3OS2/c1-4-6-20-14-17-12(16)11-9-7-15(3,5-2)19-8-10(9)21-13(11)18-14/h4-8H2,1-3H3,(H2,16,17,18)/t15-/m1/s1. The molecule has 0 fully saturated rings. The van der Waals surface area contributed by atoms with Gasteiger partial charge in [-0.2, -0.15) is 0 Å². The van der Waals surface area contributed by atoms with Gasteiger partial charge in [-0.15, -0.1) is 11.3 Å². The van der Waals surface area contributed by atoms with Crippen LogP contribution in [0.3, 0.4) is 0 Å². The molecule has 0 aliphatic carbocycles. The number of hydrogen-bond acceptors (Lipinski definition) is 6. The van der Waals surface area contributed by atoms with Crippen LogP contribution in [0.2, 0.25) is 0 Å². The highest BCUT2D eigenvalue weighted by atomic mass is 32.2. The Kier molecular flexibility index (Phi) is 4.12. The van der Waals surface area contributed by atoms with E-state index in [4.69, 9.17) is 10.5 Å². The lowest BCUT2D eigenvalue weighted by atomic mass is 9.90. The van der Waals surface area contributed by atoms with Crippen LogP contribution in [0.4, 0.5) is 5.82 Å². The van der Waals surface area contributed by atoms with Gasteiger partial charge in [0.1, 0.15) is 10.6 Å². The highest BCUT2D eigenvalue weighted by Crippen LogP contribution is 2.41. The summed E-state index contributed by atoms with van der Waals surface area (Å²) in [7, 11) is 0. The minimum absolute atomic E-state index is 0.0942. The maximum absolute atomic E-state index is 6.23. The van der Waals surface area contributed by atoms with Gasteiger partial charge in [-0.3, -0.25) is 0 Å². The van der Waals surface area contributed by atoms with Crippen LogP contribution in [-0.4, -0.2) is 21.3 Å². The summed E-state index contributed by atoms with van der Waals surface area (Å²) in [5.74, 6) is 1.64. The van der Waals surface area contributed by atoms with Crippen molar-refractivity contribution in [3.8, 4) is 0 Å². The molecule has 1 atom stereocenters. The van der Waals surface area contributed by atoms with Gasteiger partial charge in [-0.05, 0) is 25.3 Å². The molecule has 3 rings (SSSR count). The Labute approximate surface area is 133 Å². The molecule has 2 aromatic rings. The van der Waals surface area contributed by atoms with Crippen molar-refractivity contribution in [2.75, 3.05) is 11.5 Å². The summed E-state index contributed by atoms with van der Waals surface area (Å²) < 4.78 is 6.02. The third kappa shape index (κ3) is 2.76. The summed E-state index contributed by atoms with van der Waals surface area (Å²) in [6.45, 7) is 7.15. The van der Waals surface area contributed by atoms with Gasteiger partial charge in [-0.25, -0.2) is 9.97 Å². The Bertz CT molecular complexity index is 670. The highest BCUT2D eigenvalue weighted by molar-refractivity contribution is 7.99. The summed E-state index contributed by atoms with van der Waals surface area (Å²) in [5, 5.41) is 1.85. The number of thioether (sulfide) groups is 1. The summed E-state index contributed by atoms with van der Waals surface area (Å²) in [5.41, 5.74) is 7.44. The van der Waals surface area contributed by atoms with Gasteiger partial charge in [0.15, 0.2) is 5.16 Å². The lowest BCUT2D eigenvalue weighted by molar-refractivity contribution is -0.0542. The maximum Gasteiger partial charge on any atom is 0.190 e. The Morgan fingerprint density at radius 1 is 1.38 bits per heavy atom. The van der Waals surface area contributed by atoms with Crippen molar-refractivity contribution in [1.82, 2.24) is 9.97 Å². The molecule has 2 N–H and O–H groups in total. The molecular formula is C15H21N3OS2. The van der Waals surface area contributed by atoms with E-state index in [-0.39, 0.29) is 5.60 Å². The molecule has 0 spiro atoms. The number of nitrogens with zero attached hydrogens (tertiary/aromatic N) is 2. The van der Waals surface area contributed by atoms with E-state index in [0.717, 1.165) is 40.4 Å². The molecule has 0 amide bonds. The van der Waals surface area contributed by atoms with Crippen molar-refractivity contribution in [1.29, 1.82) is 0 Å². The zero-order chi connectivity index (χ0) is 15.0. The smallest absolute Gasteiger partial charge is 0.190 e. The average molecular weight is 323 g/mol. The number of aromatic nitrogens is 2. The van der Waals surface area contributed by atoms with Crippen molar-refractivity contribution in [3.63, 3.8) is 0 Å². The van der Waals surface area contributed by atoms with E-state index in [1.54, 1.807) is 23.1 Å². The minimum atomic E-state index is -0.0942. The van der Waals surface area contributed by atoms with Gasteiger partial charge in [0.05, 0.1) is 17.6 Å². The van der Waals surface area contributed by atoms with Crippen LogP contribution < -0.4 is 5.73 Å². The molecule has 1 aliphatic heterocycles. The molecular weight excluding hydrogens is 302 g/mol. The number of fused-ring (bicyclic) bond motifs is 3. The first-order chi connectivity index (χ1) is 10.1. The van der Waals surface area contributed by atoms with Gasteiger partial charge in [0.25, 0.3) is 0 Å². The molecule has 3 heterocycles. The summed E-state index contributed by atoms with van der Waals surface area (Å²) in [6.07, 6.45) is 3.00. The zero-order valence-electron chi connectivity index (χ0n) is 12.7. The molecule has 0 bridgehead atoms. The van der Waals surface area contributed by atoms with Crippen molar-refractivity contribution in [3.05, 3.63) is 10.4 Å². The average Bonchev–Trinajstić information content (AvgIpc) is 2.83. The molecule has 114 valence electrons. The topological polar surface area (TPSA) is 61.0 Å². The lowest BCUT2D eigenvalue weighted by Crippen LogP contribution is -2.33. The van der Waals surface area contributed by atoms with Crippen LogP contribution in [-0.2, 0) is 17.8 Å². The number of ether oxygens (including phenoxy) is 1. The fraction of sp³-hybridized carbons (Fsp3) is 0.600. The summed E-state index contributed by atoms with van der Waals surface area (Å²) in [6, 6.07) is 0. The molecule has 4 nitrogen and oxygen atoms in total. The van der Waals surface area contributed by atoms with Gasteiger partial charge >= 0.3 is 0 Å². The first-order valence-corrected chi connectivity index (χ1v) is 9.21. The van der Waals surface area contributed by atoms with Crippen molar-refractivity contribution >= 4 is 39.1 Å². The van der Waals surface area contributed by atoms with E-state index < -0.39 is 0 Å². The SMILES string of the molecule is CCCSc1nc(N)c2c3c(sc2n1)CO[C@](C)(CC)C3. The molecule has 0 radical (unpaired) electrons. The van der Waals surface area contributed by atoms with E-state index in [1.807, 2.05) is 0 Å². The van der Waals surface area contributed by atoms with Gasteiger partial charge in [-0.1, -0.05) is 25.6 Å². The Morgan fingerprint density at radius 2 is 2.19 bits per heavy atom. The highest BCUT2D eigenvalue weighted by Gasteiger charge is 2.32. The zero-order valence-corrected chi connectivity index (χ0v) is 14.4. The van der Waals surface area contributed by atoms with Gasteiger partial charge in [0.2, 0.25) is 0 Å². The van der Waals surface area contributed by atoms with E-state index in [2.05, 4.69) is 30.7 Å². The van der Waals surface area contributed by atoms with Crippen LogP contribution in [0.15, 0.2) is 5.16 Å². The van der Waals surface area contributed by atoms with E-state index in [9.17, 15) is 0 Å². The molecule has 0 unspecified atom stereocenters. The molecule has 0 aromatic carbocycles. The Hall–Kier alpha value is -0.850. The summed E-state index contributed by atoms with van der Waals surface area (Å²) in [4.78, 5) is 11.4. The fourth-order valence-corrected chi connectivity index (χ4v) is 4.44.